The van der Waals surface area contributed by atoms with E-state index in [-0.39, 0.29) is 0 Å². The van der Waals surface area contributed by atoms with Crippen LogP contribution in [0.15, 0.2) is 35.5 Å². The van der Waals surface area contributed by atoms with Crippen molar-refractivity contribution in [1.82, 2.24) is 0 Å². The Morgan fingerprint density at radius 3 is 2.25 bits per heavy atom. The molecule has 0 aliphatic heterocycles. The van der Waals surface area contributed by atoms with Crippen LogP contribution in [0.1, 0.15) is 76.4 Å². The average Bonchev–Trinajstić information content (AvgIpc) is 2.59. The van der Waals surface area contributed by atoms with Crippen LogP contribution in [0.4, 0.5) is 0 Å². The first-order chi connectivity index (χ1) is 11.5. The van der Waals surface area contributed by atoms with E-state index in [1.165, 1.54) is 25.7 Å². The van der Waals surface area contributed by atoms with Gasteiger partial charge in [-0.3, -0.25) is 4.57 Å². The zero-order valence-electron chi connectivity index (χ0n) is 15.0. The summed E-state index contributed by atoms with van der Waals surface area (Å²) in [5, 5.41) is 12.1. The lowest BCUT2D eigenvalue weighted by Gasteiger charge is -2.23. The van der Waals surface area contributed by atoms with Crippen LogP contribution >= 0.6 is 7.37 Å². The predicted molar refractivity (Wildman–Crippen MR) is 101 cm³/mol. The third-order valence-electron chi connectivity index (χ3n) is 4.41. The van der Waals surface area contributed by atoms with Crippen LogP contribution in [0.25, 0.3) is 0 Å². The van der Waals surface area contributed by atoms with Gasteiger partial charge in [-0.1, -0.05) is 80.9 Å². The molecule has 0 aliphatic carbocycles. The fourth-order valence-corrected chi connectivity index (χ4v) is 5.12. The van der Waals surface area contributed by atoms with Crippen molar-refractivity contribution in [2.75, 3.05) is 6.16 Å². The van der Waals surface area contributed by atoms with Crippen LogP contribution in [0, 0.1) is 0 Å². The highest BCUT2D eigenvalue weighted by molar-refractivity contribution is 7.58. The average molecular weight is 353 g/mol. The first kappa shape index (κ1) is 20.9. The van der Waals surface area contributed by atoms with Gasteiger partial charge >= 0.3 is 0 Å². The van der Waals surface area contributed by atoms with Crippen molar-refractivity contribution < 1.29 is 14.7 Å². The first-order valence-electron chi connectivity index (χ1n) is 9.05. The number of hydrogen-bond acceptors (Lipinski definition) is 3. The summed E-state index contributed by atoms with van der Waals surface area (Å²) in [5.74, 6) is 0. The molecule has 1 aromatic rings. The van der Waals surface area contributed by atoms with Crippen molar-refractivity contribution in [3.63, 3.8) is 0 Å². The molecule has 0 saturated carbocycles. The summed E-state index contributed by atoms with van der Waals surface area (Å²) in [6.45, 7) is 3.88. The fourth-order valence-electron chi connectivity index (χ4n) is 2.94. The normalized spacial score (nSPS) is 15.9. The molecule has 0 aliphatic rings. The molecule has 0 bridgehead atoms. The lowest BCUT2D eigenvalue weighted by atomic mass is 10.1. The van der Waals surface area contributed by atoms with Gasteiger partial charge < -0.3 is 10.1 Å². The molecule has 0 radical (unpaired) electrons. The maximum Gasteiger partial charge on any atom is 0.208 e. The summed E-state index contributed by atoms with van der Waals surface area (Å²) in [4.78, 5) is 10.6. The van der Waals surface area contributed by atoms with Gasteiger partial charge in [0.05, 0.1) is 11.4 Å². The van der Waals surface area contributed by atoms with Crippen LogP contribution in [0.3, 0.4) is 0 Å². The maximum absolute atomic E-state index is 12.9. The Bertz CT molecular complexity index is 531. The number of oxime groups is 1. The van der Waals surface area contributed by atoms with E-state index in [0.29, 0.717) is 18.3 Å². The number of nitrogens with zero attached hydrogens (tertiary/aromatic N) is 1. The zero-order valence-corrected chi connectivity index (χ0v) is 15.9. The largest absolute Gasteiger partial charge is 0.411 e. The summed E-state index contributed by atoms with van der Waals surface area (Å²) >= 11 is 0. The molecule has 5 heteroatoms. The smallest absolute Gasteiger partial charge is 0.208 e. The molecule has 4 nitrogen and oxygen atoms in total. The molecule has 2 unspecified atom stereocenters. The van der Waals surface area contributed by atoms with Crippen molar-refractivity contribution >= 4 is 13.1 Å². The number of rotatable bonds is 12. The van der Waals surface area contributed by atoms with Crippen molar-refractivity contribution in [3.8, 4) is 0 Å². The second-order valence-electron chi connectivity index (χ2n) is 6.57. The first-order valence-corrected chi connectivity index (χ1v) is 11.0. The van der Waals surface area contributed by atoms with Crippen LogP contribution < -0.4 is 0 Å². The molecule has 24 heavy (non-hydrogen) atoms. The van der Waals surface area contributed by atoms with E-state index in [0.717, 1.165) is 24.8 Å². The molecule has 2 N–H and O–H groups in total. The standard InChI is InChI=1S/C19H32NO3P/c1-3-4-5-6-7-8-12-15-24(22,23)19(16-17(2)20-21)18-13-10-9-11-14-18/h9-11,13-14,19,21H,3-8,12,15-16H2,1-2H3,(H,22,23). The lowest BCUT2D eigenvalue weighted by Crippen LogP contribution is -2.08. The third-order valence-corrected chi connectivity index (χ3v) is 6.82. The molecular weight excluding hydrogens is 321 g/mol. The molecule has 1 rings (SSSR count). The van der Waals surface area contributed by atoms with Gasteiger partial charge in [0.2, 0.25) is 7.37 Å². The van der Waals surface area contributed by atoms with E-state index in [9.17, 15) is 9.46 Å². The van der Waals surface area contributed by atoms with Gasteiger partial charge in [0, 0.05) is 12.6 Å². The number of benzene rings is 1. The summed E-state index contributed by atoms with van der Waals surface area (Å²) in [7, 11) is -3.34. The Labute approximate surface area is 146 Å². The highest BCUT2D eigenvalue weighted by atomic mass is 31.2. The Morgan fingerprint density at radius 2 is 1.67 bits per heavy atom. The van der Waals surface area contributed by atoms with Crippen molar-refractivity contribution in [3.05, 3.63) is 35.9 Å². The number of unbranched alkanes of at least 4 members (excludes halogenated alkanes) is 6. The monoisotopic (exact) mass is 353 g/mol. The molecular formula is C19H32NO3P. The second-order valence-corrected chi connectivity index (χ2v) is 9.15. The van der Waals surface area contributed by atoms with E-state index >= 15 is 0 Å². The summed E-state index contributed by atoms with van der Waals surface area (Å²) in [5.41, 5.74) is 0.835. The van der Waals surface area contributed by atoms with E-state index < -0.39 is 13.0 Å². The van der Waals surface area contributed by atoms with E-state index in [2.05, 4.69) is 12.1 Å². The SMILES string of the molecule is CCCCCCCCCP(=O)(O)C(CC(C)=NO)c1ccccc1. The molecule has 0 fully saturated rings. The lowest BCUT2D eigenvalue weighted by molar-refractivity contribution is 0.317. The molecule has 1 aromatic carbocycles. The highest BCUT2D eigenvalue weighted by Gasteiger charge is 2.32. The quantitative estimate of drug-likeness (QED) is 0.159. The minimum absolute atomic E-state index is 0.310. The summed E-state index contributed by atoms with van der Waals surface area (Å²) in [6.07, 6.45) is 8.52. The van der Waals surface area contributed by atoms with Gasteiger partial charge in [0.15, 0.2) is 0 Å². The van der Waals surface area contributed by atoms with Crippen molar-refractivity contribution in [2.24, 2.45) is 5.16 Å². The molecule has 0 amide bonds. The molecule has 0 saturated heterocycles. The highest BCUT2D eigenvalue weighted by Crippen LogP contribution is 2.57. The van der Waals surface area contributed by atoms with Crippen molar-refractivity contribution in [1.29, 1.82) is 0 Å². The van der Waals surface area contributed by atoms with Gasteiger partial charge in [0.1, 0.15) is 0 Å². The minimum atomic E-state index is -3.34. The molecule has 0 aromatic heterocycles. The van der Waals surface area contributed by atoms with Gasteiger partial charge in [0.25, 0.3) is 0 Å². The molecule has 2 atom stereocenters. The van der Waals surface area contributed by atoms with E-state index in [4.69, 9.17) is 5.21 Å². The second kappa shape index (κ2) is 11.4. The topological polar surface area (TPSA) is 69.9 Å². The Kier molecular flexibility index (Phi) is 9.97. The van der Waals surface area contributed by atoms with Gasteiger partial charge in [-0.05, 0) is 18.9 Å². The van der Waals surface area contributed by atoms with Crippen LogP contribution in [0.2, 0.25) is 0 Å². The van der Waals surface area contributed by atoms with Crippen LogP contribution in [-0.2, 0) is 4.57 Å². The van der Waals surface area contributed by atoms with Crippen molar-refractivity contribution in [2.45, 2.75) is 70.9 Å². The fraction of sp³-hybridized carbons (Fsp3) is 0.632. The molecule has 136 valence electrons. The van der Waals surface area contributed by atoms with Crippen LogP contribution in [-0.4, -0.2) is 22.0 Å². The third kappa shape index (κ3) is 7.63. The van der Waals surface area contributed by atoms with Crippen LogP contribution in [0.5, 0.6) is 0 Å². The molecule has 0 heterocycles. The Balaban J connectivity index is 2.61. The van der Waals surface area contributed by atoms with Gasteiger partial charge in [-0.25, -0.2) is 0 Å². The summed E-state index contributed by atoms with van der Waals surface area (Å²) < 4.78 is 12.9. The predicted octanol–water partition coefficient (Wildman–Crippen LogP) is 5.99. The molecule has 0 spiro atoms. The zero-order chi connectivity index (χ0) is 17.8. The van der Waals surface area contributed by atoms with Gasteiger partial charge in [-0.2, -0.15) is 0 Å². The summed E-state index contributed by atoms with van der Waals surface area (Å²) in [6, 6.07) is 9.40. The number of hydrogen-bond donors (Lipinski definition) is 2. The van der Waals surface area contributed by atoms with E-state index in [1.54, 1.807) is 6.92 Å². The maximum atomic E-state index is 12.9. The Hall–Kier alpha value is -1.12. The van der Waals surface area contributed by atoms with E-state index in [1.807, 2.05) is 30.3 Å². The minimum Gasteiger partial charge on any atom is -0.411 e. The Morgan fingerprint density at radius 1 is 1.08 bits per heavy atom. The van der Waals surface area contributed by atoms with Gasteiger partial charge in [-0.15, -0.1) is 0 Å².